The normalized spacial score (nSPS) is 14.5. The Morgan fingerprint density at radius 1 is 0.941 bits per heavy atom. The van der Waals surface area contributed by atoms with Crippen molar-refractivity contribution in [3.8, 4) is 16.9 Å². The van der Waals surface area contributed by atoms with E-state index >= 15 is 0 Å². The number of carbonyl (C=O) groups is 1. The smallest absolute Gasteiger partial charge is 0.412 e. The van der Waals surface area contributed by atoms with E-state index in [-0.39, 0.29) is 28.7 Å². The molecule has 4 aromatic rings. The second-order valence-electron chi connectivity index (χ2n) is 13.0. The van der Waals surface area contributed by atoms with E-state index in [1.165, 1.54) is 43.2 Å². The fourth-order valence-corrected chi connectivity index (χ4v) is 7.06. The monoisotopic (exact) mass is 744 g/mol. The molecule has 1 aromatic heterocycles. The van der Waals surface area contributed by atoms with E-state index in [2.05, 4.69) is 20.5 Å². The first-order chi connectivity index (χ1) is 24.6. The summed E-state index contributed by atoms with van der Waals surface area (Å²) in [6.07, 6.45) is 7.37. The van der Waals surface area contributed by atoms with Gasteiger partial charge in [-0.15, -0.1) is 0 Å². The van der Waals surface area contributed by atoms with Gasteiger partial charge < -0.3 is 30.2 Å². The standard InChI is InChI=1S/C38H44Cl2F2N4O5/c39-25-18-24(19-26(40)20-25)31-21-27(41)22-32(42)36(31)45-38(50)51-28-12-16-46(17-13-28)15-7-5-3-1-2-4-6-14-43-23-34(48)29-8-10-33(47)37-30(29)9-11-35(49)44-37/h8-11,18-22,28,34,43,47-48H,1-7,12-17,23H2,(H,44,49)(H,45,50). The average Bonchev–Trinajstić information content (AvgIpc) is 3.08. The van der Waals surface area contributed by atoms with E-state index in [1.807, 2.05) is 0 Å². The molecule has 0 bridgehead atoms. The van der Waals surface area contributed by atoms with E-state index < -0.39 is 23.8 Å². The Hall–Kier alpha value is -3.74. The molecule has 274 valence electrons. The number of nitrogens with one attached hydrogen (secondary N) is 3. The lowest BCUT2D eigenvalue weighted by Gasteiger charge is -2.31. The number of pyridine rings is 1. The molecule has 1 atom stereocenters. The van der Waals surface area contributed by atoms with Gasteiger partial charge in [0.15, 0.2) is 0 Å². The summed E-state index contributed by atoms with van der Waals surface area (Å²) in [6.45, 7) is 3.78. The maximum atomic E-state index is 14.8. The van der Waals surface area contributed by atoms with E-state index in [4.69, 9.17) is 27.9 Å². The van der Waals surface area contributed by atoms with E-state index in [1.54, 1.807) is 12.1 Å². The van der Waals surface area contributed by atoms with E-state index in [0.717, 1.165) is 64.3 Å². The SMILES string of the molecule is O=C(Nc1c(F)cc(F)cc1-c1cc(Cl)cc(Cl)c1)OC1CCN(CCCCCCCCCNCC(O)c2ccc(O)c3[nH]c(=O)ccc23)CC1. The number of likely N-dealkylation sites (tertiary alicyclic amines) is 1. The number of aliphatic hydroxyl groups is 1. The topological polar surface area (TPSA) is 127 Å². The van der Waals surface area contributed by atoms with E-state index in [9.17, 15) is 28.6 Å². The van der Waals surface area contributed by atoms with Crippen LogP contribution in [0.25, 0.3) is 22.0 Å². The maximum absolute atomic E-state index is 14.8. The molecule has 0 aliphatic carbocycles. The van der Waals surface area contributed by atoms with Crippen LogP contribution in [0.1, 0.15) is 69.5 Å². The number of unbranched alkanes of at least 4 members (excludes halogenated alkanes) is 6. The number of phenolic OH excluding ortho intramolecular Hbond substituents is 1. The summed E-state index contributed by atoms with van der Waals surface area (Å²) >= 11 is 12.2. The lowest BCUT2D eigenvalue weighted by molar-refractivity contribution is 0.0584. The molecule has 1 aliphatic rings. The Morgan fingerprint density at radius 3 is 2.35 bits per heavy atom. The first-order valence-corrected chi connectivity index (χ1v) is 18.2. The van der Waals surface area contributed by atoms with Gasteiger partial charge in [-0.25, -0.2) is 13.6 Å². The highest BCUT2D eigenvalue weighted by atomic mass is 35.5. The zero-order valence-corrected chi connectivity index (χ0v) is 29.8. The zero-order valence-electron chi connectivity index (χ0n) is 28.3. The molecule has 5 N–H and O–H groups in total. The minimum absolute atomic E-state index is 0.0242. The summed E-state index contributed by atoms with van der Waals surface area (Å²) in [5.41, 5.74) is 0.944. The first kappa shape index (κ1) is 38.5. The van der Waals surface area contributed by atoms with Crippen molar-refractivity contribution < 1.29 is 28.5 Å². The van der Waals surface area contributed by atoms with Crippen molar-refractivity contribution in [1.29, 1.82) is 0 Å². The molecule has 0 radical (unpaired) electrons. The predicted molar refractivity (Wildman–Crippen MR) is 198 cm³/mol. The number of aromatic amines is 1. The number of hydrogen-bond donors (Lipinski definition) is 5. The van der Waals surface area contributed by atoms with E-state index in [0.29, 0.717) is 57.5 Å². The number of aromatic hydroxyl groups is 1. The van der Waals surface area contributed by atoms with Crippen LogP contribution < -0.4 is 16.2 Å². The van der Waals surface area contributed by atoms with Gasteiger partial charge in [0, 0.05) is 52.8 Å². The second kappa shape index (κ2) is 18.7. The number of ether oxygens (including phenoxy) is 1. The van der Waals surface area contributed by atoms with Crippen LogP contribution in [0.3, 0.4) is 0 Å². The molecule has 2 heterocycles. The van der Waals surface area contributed by atoms with Crippen LogP contribution in [0.5, 0.6) is 5.75 Å². The summed E-state index contributed by atoms with van der Waals surface area (Å²) in [5.74, 6) is -1.75. The van der Waals surface area contributed by atoms with Gasteiger partial charge in [-0.3, -0.25) is 10.1 Å². The van der Waals surface area contributed by atoms with Gasteiger partial charge in [0.2, 0.25) is 5.56 Å². The number of nitrogens with zero attached hydrogens (tertiary/aromatic N) is 1. The number of hydrogen-bond acceptors (Lipinski definition) is 7. The summed E-state index contributed by atoms with van der Waals surface area (Å²) in [6, 6.07) is 12.5. The fraction of sp³-hybridized carbons (Fsp3) is 0.421. The quantitative estimate of drug-likeness (QED) is 0.0728. The minimum atomic E-state index is -0.931. The number of anilines is 1. The van der Waals surface area contributed by atoms with Crippen molar-refractivity contribution in [3.05, 3.63) is 92.2 Å². The molecule has 3 aromatic carbocycles. The van der Waals surface area contributed by atoms with Crippen molar-refractivity contribution in [2.24, 2.45) is 0 Å². The number of H-pyrrole nitrogens is 1. The molecule has 5 rings (SSSR count). The molecule has 1 saturated heterocycles. The molecule has 0 saturated carbocycles. The van der Waals surface area contributed by atoms with Crippen molar-refractivity contribution in [2.45, 2.75) is 70.0 Å². The first-order valence-electron chi connectivity index (χ1n) is 17.5. The highest BCUT2D eigenvalue weighted by Gasteiger charge is 2.24. The van der Waals surface area contributed by atoms with Crippen LogP contribution in [0, 0.1) is 11.6 Å². The second-order valence-corrected chi connectivity index (χ2v) is 13.9. The summed E-state index contributed by atoms with van der Waals surface area (Å²) in [7, 11) is 0. The van der Waals surface area contributed by atoms with Gasteiger partial charge in [0.1, 0.15) is 23.5 Å². The number of phenols is 1. The molecule has 0 spiro atoms. The number of piperidine rings is 1. The molecule has 1 aliphatic heterocycles. The number of aliphatic hydroxyl groups excluding tert-OH is 1. The molecule has 9 nitrogen and oxygen atoms in total. The number of halogens is 4. The Morgan fingerprint density at radius 2 is 1.63 bits per heavy atom. The third-order valence-electron chi connectivity index (χ3n) is 9.20. The van der Waals surface area contributed by atoms with Crippen LogP contribution >= 0.6 is 23.2 Å². The van der Waals surface area contributed by atoms with Crippen LogP contribution in [0.4, 0.5) is 19.3 Å². The Labute approximate surface area is 305 Å². The summed E-state index contributed by atoms with van der Waals surface area (Å²) in [4.78, 5) is 29.3. The molecule has 51 heavy (non-hydrogen) atoms. The van der Waals surface area contributed by atoms with Gasteiger partial charge in [-0.05, 0) is 86.3 Å². The molecule has 1 fully saturated rings. The predicted octanol–water partition coefficient (Wildman–Crippen LogP) is 8.55. The molecule has 13 heteroatoms. The Bertz CT molecular complexity index is 1830. The van der Waals surface area contributed by atoms with Crippen molar-refractivity contribution in [1.82, 2.24) is 15.2 Å². The van der Waals surface area contributed by atoms with Crippen molar-refractivity contribution in [2.75, 3.05) is 38.0 Å². The number of aromatic nitrogens is 1. The van der Waals surface area contributed by atoms with Crippen molar-refractivity contribution in [3.63, 3.8) is 0 Å². The van der Waals surface area contributed by atoms with Gasteiger partial charge in [0.05, 0.1) is 17.3 Å². The Balaban J connectivity index is 0.914. The molecule has 1 amide bonds. The number of fused-ring (bicyclic) bond motifs is 1. The number of benzene rings is 3. The molecule has 1 unspecified atom stereocenters. The third kappa shape index (κ3) is 11.1. The molecular weight excluding hydrogens is 701 g/mol. The van der Waals surface area contributed by atoms with Crippen LogP contribution in [0.15, 0.2) is 59.4 Å². The maximum Gasteiger partial charge on any atom is 0.412 e. The number of amides is 1. The van der Waals surface area contributed by atoms with Crippen molar-refractivity contribution >= 4 is 45.9 Å². The highest BCUT2D eigenvalue weighted by Crippen LogP contribution is 2.35. The molecular formula is C38H44Cl2F2N4O5. The van der Waals surface area contributed by atoms with Gasteiger partial charge in [-0.1, -0.05) is 61.4 Å². The largest absolute Gasteiger partial charge is 0.506 e. The summed E-state index contributed by atoms with van der Waals surface area (Å²) in [5, 5.41) is 27.7. The lowest BCUT2D eigenvalue weighted by atomic mass is 10.0. The van der Waals surface area contributed by atoms with Gasteiger partial charge in [0.25, 0.3) is 0 Å². The zero-order chi connectivity index (χ0) is 36.3. The van der Waals surface area contributed by atoms with Gasteiger partial charge in [-0.2, -0.15) is 0 Å². The van der Waals surface area contributed by atoms with Crippen LogP contribution in [-0.2, 0) is 4.74 Å². The van der Waals surface area contributed by atoms with Gasteiger partial charge >= 0.3 is 6.09 Å². The fourth-order valence-electron chi connectivity index (χ4n) is 6.54. The third-order valence-corrected chi connectivity index (χ3v) is 9.63. The average molecular weight is 746 g/mol. The Kier molecular flexibility index (Phi) is 14.1. The van der Waals surface area contributed by atoms with Crippen LogP contribution in [-0.4, -0.2) is 65.0 Å². The highest BCUT2D eigenvalue weighted by molar-refractivity contribution is 6.35. The lowest BCUT2D eigenvalue weighted by Crippen LogP contribution is -2.39. The number of rotatable bonds is 16. The number of carbonyl (C=O) groups excluding carboxylic acids is 1. The van der Waals surface area contributed by atoms with Crippen LogP contribution in [0.2, 0.25) is 10.0 Å². The minimum Gasteiger partial charge on any atom is -0.506 e. The summed E-state index contributed by atoms with van der Waals surface area (Å²) < 4.78 is 34.5.